The van der Waals surface area contributed by atoms with E-state index in [0.29, 0.717) is 5.89 Å². The average Bonchev–Trinajstić information content (AvgIpc) is 3.11. The van der Waals surface area contributed by atoms with E-state index in [9.17, 15) is 0 Å². The second-order valence-electron chi connectivity index (χ2n) is 4.32. The lowest BCUT2D eigenvalue weighted by molar-refractivity contribution is 0.568. The Kier molecular flexibility index (Phi) is 3.02. The molecule has 2 N–H and O–H groups in total. The molecule has 5 heteroatoms. The average molecular weight is 254 g/mol. The van der Waals surface area contributed by atoms with Crippen molar-refractivity contribution in [3.8, 4) is 11.5 Å². The number of rotatable bonds is 4. The van der Waals surface area contributed by atoms with Gasteiger partial charge in [0, 0.05) is 23.1 Å². The molecular formula is C14H14N4O. The van der Waals surface area contributed by atoms with Gasteiger partial charge < -0.3 is 14.7 Å². The van der Waals surface area contributed by atoms with Crippen LogP contribution >= 0.6 is 0 Å². The molecule has 3 aromatic rings. The van der Waals surface area contributed by atoms with E-state index in [4.69, 9.17) is 4.42 Å². The lowest BCUT2D eigenvalue weighted by Gasteiger charge is -2.09. The van der Waals surface area contributed by atoms with Crippen LogP contribution in [-0.4, -0.2) is 15.2 Å². The van der Waals surface area contributed by atoms with E-state index >= 15 is 0 Å². The number of aromatic amines is 1. The molecule has 0 spiro atoms. The van der Waals surface area contributed by atoms with Crippen molar-refractivity contribution in [3.05, 3.63) is 54.2 Å². The molecule has 96 valence electrons. The summed E-state index contributed by atoms with van der Waals surface area (Å²) in [6.45, 7) is 2.82. The van der Waals surface area contributed by atoms with Gasteiger partial charge in [0.25, 0.3) is 0 Å². The Labute approximate surface area is 110 Å². The van der Waals surface area contributed by atoms with Gasteiger partial charge in [0.15, 0.2) is 0 Å². The number of hydrogen-bond acceptors (Lipinski definition) is 4. The lowest BCUT2D eigenvalue weighted by atomic mass is 10.1. The van der Waals surface area contributed by atoms with Crippen LogP contribution in [0.15, 0.2) is 47.3 Å². The minimum Gasteiger partial charge on any atom is -0.423 e. The van der Waals surface area contributed by atoms with Crippen LogP contribution in [0.4, 0.5) is 5.69 Å². The minimum atomic E-state index is 0.530. The highest BCUT2D eigenvalue weighted by molar-refractivity contribution is 5.64. The summed E-state index contributed by atoms with van der Waals surface area (Å²) in [7, 11) is 0. The first-order valence-corrected chi connectivity index (χ1v) is 6.06. The minimum absolute atomic E-state index is 0.530. The number of aromatic nitrogens is 3. The summed E-state index contributed by atoms with van der Waals surface area (Å²) < 4.78 is 5.21. The smallest absolute Gasteiger partial charge is 0.247 e. The van der Waals surface area contributed by atoms with Gasteiger partial charge in [0.1, 0.15) is 0 Å². The molecule has 0 atom stereocenters. The summed E-state index contributed by atoms with van der Waals surface area (Å²) in [6.07, 6.45) is 3.25. The van der Waals surface area contributed by atoms with Crippen molar-refractivity contribution in [2.75, 3.05) is 5.32 Å². The number of nitrogens with one attached hydrogen (secondary N) is 2. The van der Waals surface area contributed by atoms with Crippen molar-refractivity contribution >= 4 is 5.69 Å². The zero-order valence-corrected chi connectivity index (χ0v) is 10.6. The van der Waals surface area contributed by atoms with Gasteiger partial charge in [-0.2, -0.15) is 0 Å². The Hall–Kier alpha value is -2.56. The van der Waals surface area contributed by atoms with E-state index in [1.807, 2.05) is 36.5 Å². The first-order chi connectivity index (χ1) is 9.33. The molecule has 0 unspecified atom stereocenters. The fourth-order valence-electron chi connectivity index (χ4n) is 1.91. The van der Waals surface area contributed by atoms with Crippen LogP contribution in [0, 0.1) is 6.92 Å². The second-order valence-corrected chi connectivity index (χ2v) is 4.32. The summed E-state index contributed by atoms with van der Waals surface area (Å²) in [4.78, 5) is 3.17. The molecule has 2 aromatic heterocycles. The summed E-state index contributed by atoms with van der Waals surface area (Å²) in [5.41, 5.74) is 4.29. The normalized spacial score (nSPS) is 10.6. The van der Waals surface area contributed by atoms with Crippen LogP contribution in [0.1, 0.15) is 11.3 Å². The van der Waals surface area contributed by atoms with Crippen LogP contribution in [0.25, 0.3) is 11.5 Å². The first-order valence-electron chi connectivity index (χ1n) is 6.06. The summed E-state index contributed by atoms with van der Waals surface area (Å²) in [6, 6.07) is 10.1. The van der Waals surface area contributed by atoms with E-state index in [1.54, 1.807) is 0 Å². The second kappa shape index (κ2) is 4.97. The summed E-state index contributed by atoms with van der Waals surface area (Å²) in [5.74, 6) is 0.530. The predicted octanol–water partition coefficient (Wildman–Crippen LogP) is 2.99. The van der Waals surface area contributed by atoms with Crippen LogP contribution in [0.5, 0.6) is 0 Å². The Morgan fingerprint density at radius 1 is 1.32 bits per heavy atom. The van der Waals surface area contributed by atoms with E-state index in [1.165, 1.54) is 12.0 Å². The number of H-pyrrole nitrogens is 1. The highest BCUT2D eigenvalue weighted by atomic mass is 16.4. The van der Waals surface area contributed by atoms with Crippen molar-refractivity contribution in [2.45, 2.75) is 13.5 Å². The molecule has 19 heavy (non-hydrogen) atoms. The van der Waals surface area contributed by atoms with E-state index in [2.05, 4.69) is 27.4 Å². The third-order valence-electron chi connectivity index (χ3n) is 2.98. The van der Waals surface area contributed by atoms with Crippen LogP contribution in [0.2, 0.25) is 0 Å². The number of anilines is 1. The zero-order valence-electron chi connectivity index (χ0n) is 10.6. The highest BCUT2D eigenvalue weighted by Gasteiger charge is 2.06. The van der Waals surface area contributed by atoms with Crippen LogP contribution in [0.3, 0.4) is 0 Å². The van der Waals surface area contributed by atoms with Gasteiger partial charge >= 0.3 is 0 Å². The Balaban J connectivity index is 1.82. The van der Waals surface area contributed by atoms with Gasteiger partial charge in [-0.3, -0.25) is 0 Å². The number of aryl methyl sites for hydroxylation is 1. The van der Waals surface area contributed by atoms with Crippen molar-refractivity contribution in [1.29, 1.82) is 0 Å². The van der Waals surface area contributed by atoms with Crippen LogP contribution < -0.4 is 5.32 Å². The Morgan fingerprint density at radius 3 is 3.00 bits per heavy atom. The van der Waals surface area contributed by atoms with Crippen molar-refractivity contribution in [1.82, 2.24) is 15.2 Å². The highest BCUT2D eigenvalue weighted by Crippen LogP contribution is 2.24. The standard InChI is InChI=1S/C14H14N4O/c1-10-4-5-11(14-18-17-9-19-14)7-13(10)16-8-12-3-2-6-15-12/h2-7,9,15-16H,8H2,1H3. The topological polar surface area (TPSA) is 66.7 Å². The first kappa shape index (κ1) is 11.5. The Morgan fingerprint density at radius 2 is 2.26 bits per heavy atom. The van der Waals surface area contributed by atoms with Crippen molar-refractivity contribution in [2.24, 2.45) is 0 Å². The van der Waals surface area contributed by atoms with E-state index < -0.39 is 0 Å². The molecule has 0 saturated heterocycles. The molecule has 0 aliphatic rings. The fourth-order valence-corrected chi connectivity index (χ4v) is 1.91. The maximum atomic E-state index is 5.21. The van der Waals surface area contributed by atoms with Crippen LogP contribution in [-0.2, 0) is 6.54 Å². The molecule has 0 aliphatic carbocycles. The summed E-state index contributed by atoms with van der Waals surface area (Å²) >= 11 is 0. The van der Waals surface area contributed by atoms with Gasteiger partial charge in [-0.25, -0.2) is 0 Å². The fraction of sp³-hybridized carbons (Fsp3) is 0.143. The molecule has 0 aliphatic heterocycles. The van der Waals surface area contributed by atoms with E-state index in [0.717, 1.165) is 23.5 Å². The lowest BCUT2D eigenvalue weighted by Crippen LogP contribution is -2.01. The van der Waals surface area contributed by atoms with Gasteiger partial charge in [0.05, 0.1) is 6.54 Å². The molecule has 5 nitrogen and oxygen atoms in total. The van der Waals surface area contributed by atoms with Crippen molar-refractivity contribution in [3.63, 3.8) is 0 Å². The van der Waals surface area contributed by atoms with Gasteiger partial charge in [-0.15, -0.1) is 10.2 Å². The third-order valence-corrected chi connectivity index (χ3v) is 2.98. The molecule has 0 bridgehead atoms. The number of benzene rings is 1. The molecule has 2 heterocycles. The maximum absolute atomic E-state index is 5.21. The maximum Gasteiger partial charge on any atom is 0.247 e. The molecule has 1 aromatic carbocycles. The number of hydrogen-bond donors (Lipinski definition) is 2. The molecule has 0 radical (unpaired) electrons. The van der Waals surface area contributed by atoms with E-state index in [-0.39, 0.29) is 0 Å². The van der Waals surface area contributed by atoms with Gasteiger partial charge in [-0.05, 0) is 36.8 Å². The van der Waals surface area contributed by atoms with Gasteiger partial charge in [0.2, 0.25) is 12.3 Å². The molecule has 0 saturated carbocycles. The molecule has 0 fully saturated rings. The quantitative estimate of drug-likeness (QED) is 0.751. The molecular weight excluding hydrogens is 240 g/mol. The zero-order chi connectivity index (χ0) is 13.1. The molecule has 0 amide bonds. The predicted molar refractivity (Wildman–Crippen MR) is 72.6 cm³/mol. The Bertz CT molecular complexity index is 644. The monoisotopic (exact) mass is 254 g/mol. The largest absolute Gasteiger partial charge is 0.423 e. The number of nitrogens with zero attached hydrogens (tertiary/aromatic N) is 2. The summed E-state index contributed by atoms with van der Waals surface area (Å²) in [5, 5.41) is 11.0. The molecule has 3 rings (SSSR count). The van der Waals surface area contributed by atoms with Crippen molar-refractivity contribution < 1.29 is 4.42 Å². The third kappa shape index (κ3) is 2.49. The van der Waals surface area contributed by atoms with Gasteiger partial charge in [-0.1, -0.05) is 6.07 Å². The SMILES string of the molecule is Cc1ccc(-c2nnco2)cc1NCc1ccc[nH]1.